The molecule has 1 heterocycles. The van der Waals surface area contributed by atoms with Crippen molar-refractivity contribution in [1.82, 2.24) is 10.3 Å². The Morgan fingerprint density at radius 3 is 2.64 bits per heavy atom. The average molecular weight is 348 g/mol. The smallest absolute Gasteiger partial charge is 0.339 e. The molecule has 0 spiro atoms. The lowest BCUT2D eigenvalue weighted by atomic mass is 10.1. The van der Waals surface area contributed by atoms with E-state index >= 15 is 0 Å². The molecule has 5 nitrogen and oxygen atoms in total. The van der Waals surface area contributed by atoms with Crippen LogP contribution in [0.4, 0.5) is 8.78 Å². The summed E-state index contributed by atoms with van der Waals surface area (Å²) in [5.74, 6) is -2.30. The normalized spacial score (nSPS) is 18.8. The first kappa shape index (κ1) is 17.1. The van der Waals surface area contributed by atoms with Crippen LogP contribution >= 0.6 is 0 Å². The van der Waals surface area contributed by atoms with Gasteiger partial charge in [-0.25, -0.2) is 13.6 Å². The lowest BCUT2D eigenvalue weighted by Crippen LogP contribution is -2.27. The molecule has 1 aromatic heterocycles. The summed E-state index contributed by atoms with van der Waals surface area (Å²) >= 11 is 0. The lowest BCUT2D eigenvalue weighted by molar-refractivity contribution is 0.0599. The quantitative estimate of drug-likeness (QED) is 0.835. The number of hydrogen-bond donors (Lipinski definition) is 2. The van der Waals surface area contributed by atoms with Gasteiger partial charge in [-0.15, -0.1) is 0 Å². The van der Waals surface area contributed by atoms with E-state index in [1.165, 1.54) is 19.2 Å². The summed E-state index contributed by atoms with van der Waals surface area (Å²) < 4.78 is 31.5. The van der Waals surface area contributed by atoms with Gasteiger partial charge in [0.05, 0.1) is 12.7 Å². The largest absolute Gasteiger partial charge is 0.465 e. The predicted molar refractivity (Wildman–Crippen MR) is 86.6 cm³/mol. The number of esters is 1. The van der Waals surface area contributed by atoms with Crippen LogP contribution in [-0.2, 0) is 4.74 Å². The average Bonchev–Trinajstić information content (AvgIpc) is 3.23. The number of amides is 1. The fourth-order valence-electron chi connectivity index (χ4n) is 3.13. The molecular formula is C18H18F2N2O3. The summed E-state index contributed by atoms with van der Waals surface area (Å²) in [5.41, 5.74) is 2.06. The van der Waals surface area contributed by atoms with Gasteiger partial charge >= 0.3 is 5.97 Å². The molecule has 1 aliphatic carbocycles. The van der Waals surface area contributed by atoms with Crippen molar-refractivity contribution in [2.24, 2.45) is 0 Å². The van der Waals surface area contributed by atoms with Gasteiger partial charge in [0.15, 0.2) is 0 Å². The van der Waals surface area contributed by atoms with Crippen LogP contribution in [0.25, 0.3) is 0 Å². The number of halogens is 2. The number of H-pyrrole nitrogens is 1. The molecule has 1 amide bonds. The van der Waals surface area contributed by atoms with Crippen LogP contribution < -0.4 is 5.32 Å². The maximum absolute atomic E-state index is 13.8. The molecule has 2 N–H and O–H groups in total. The van der Waals surface area contributed by atoms with Crippen LogP contribution in [0, 0.1) is 25.5 Å². The number of aromatic nitrogens is 1. The molecule has 7 heteroatoms. The Kier molecular flexibility index (Phi) is 4.32. The fraction of sp³-hybridized carbons (Fsp3) is 0.333. The van der Waals surface area contributed by atoms with Crippen molar-refractivity contribution in [1.29, 1.82) is 0 Å². The second kappa shape index (κ2) is 6.31. The molecule has 0 aliphatic heterocycles. The van der Waals surface area contributed by atoms with Gasteiger partial charge in [-0.05, 0) is 37.5 Å². The van der Waals surface area contributed by atoms with Crippen molar-refractivity contribution in [3.8, 4) is 0 Å². The minimum Gasteiger partial charge on any atom is -0.465 e. The highest BCUT2D eigenvalue weighted by Crippen LogP contribution is 2.42. The highest BCUT2D eigenvalue weighted by Gasteiger charge is 2.41. The number of aryl methyl sites for hydroxylation is 1. The van der Waals surface area contributed by atoms with Gasteiger partial charge in [-0.3, -0.25) is 4.79 Å². The third kappa shape index (κ3) is 3.14. The van der Waals surface area contributed by atoms with Crippen molar-refractivity contribution in [3.63, 3.8) is 0 Å². The van der Waals surface area contributed by atoms with Crippen LogP contribution in [-0.4, -0.2) is 30.0 Å². The predicted octanol–water partition coefficient (Wildman–Crippen LogP) is 2.98. The highest BCUT2D eigenvalue weighted by molar-refractivity contribution is 6.00. The molecule has 0 unspecified atom stereocenters. The molecule has 1 aromatic carbocycles. The number of ether oxygens (including phenoxy) is 1. The monoisotopic (exact) mass is 348 g/mol. The molecule has 2 atom stereocenters. The van der Waals surface area contributed by atoms with Crippen molar-refractivity contribution in [2.45, 2.75) is 32.2 Å². The van der Waals surface area contributed by atoms with E-state index in [1.807, 2.05) is 0 Å². The minimum atomic E-state index is -0.629. The van der Waals surface area contributed by atoms with Crippen LogP contribution in [0.1, 0.15) is 50.0 Å². The topological polar surface area (TPSA) is 71.2 Å². The first-order valence-corrected chi connectivity index (χ1v) is 7.86. The Balaban J connectivity index is 1.73. The Morgan fingerprint density at radius 1 is 1.28 bits per heavy atom. The summed E-state index contributed by atoms with van der Waals surface area (Å²) in [6.45, 7) is 3.35. The van der Waals surface area contributed by atoms with Crippen LogP contribution in [0.3, 0.4) is 0 Å². The molecule has 1 fully saturated rings. The van der Waals surface area contributed by atoms with Gasteiger partial charge in [0, 0.05) is 23.7 Å². The van der Waals surface area contributed by atoms with E-state index in [1.54, 1.807) is 13.8 Å². The van der Waals surface area contributed by atoms with Gasteiger partial charge in [0.1, 0.15) is 17.3 Å². The van der Waals surface area contributed by atoms with E-state index in [0.717, 1.165) is 6.07 Å². The SMILES string of the molecule is COC(=O)c1c(C)[nH]c(C(=O)N[C@H]2C[C@@H]2c2ccc(F)cc2F)c1C. The maximum atomic E-state index is 13.8. The molecule has 3 rings (SSSR count). The number of methoxy groups -OCH3 is 1. The van der Waals surface area contributed by atoms with E-state index in [0.29, 0.717) is 28.8 Å². The minimum absolute atomic E-state index is 0.180. The third-order valence-corrected chi connectivity index (χ3v) is 4.52. The molecule has 25 heavy (non-hydrogen) atoms. The molecule has 2 aromatic rings. The van der Waals surface area contributed by atoms with Gasteiger partial charge < -0.3 is 15.0 Å². The van der Waals surface area contributed by atoms with Gasteiger partial charge in [-0.2, -0.15) is 0 Å². The van der Waals surface area contributed by atoms with Crippen LogP contribution in [0.2, 0.25) is 0 Å². The molecule has 132 valence electrons. The number of rotatable bonds is 4. The second-order valence-corrected chi connectivity index (χ2v) is 6.20. The van der Waals surface area contributed by atoms with Crippen molar-refractivity contribution in [2.75, 3.05) is 7.11 Å². The van der Waals surface area contributed by atoms with E-state index in [-0.39, 0.29) is 23.6 Å². The van der Waals surface area contributed by atoms with Crippen molar-refractivity contribution < 1.29 is 23.1 Å². The van der Waals surface area contributed by atoms with E-state index in [9.17, 15) is 18.4 Å². The molecule has 0 bridgehead atoms. The van der Waals surface area contributed by atoms with Crippen LogP contribution in [0.5, 0.6) is 0 Å². The molecule has 1 saturated carbocycles. The third-order valence-electron chi connectivity index (χ3n) is 4.52. The summed E-state index contributed by atoms with van der Waals surface area (Å²) in [6, 6.07) is 3.22. The lowest BCUT2D eigenvalue weighted by Gasteiger charge is -2.06. The number of nitrogens with one attached hydrogen (secondary N) is 2. The highest BCUT2D eigenvalue weighted by atomic mass is 19.1. The molecule has 1 aliphatic rings. The fourth-order valence-corrected chi connectivity index (χ4v) is 3.13. The Morgan fingerprint density at radius 2 is 2.00 bits per heavy atom. The maximum Gasteiger partial charge on any atom is 0.339 e. The number of carbonyl (C=O) groups excluding carboxylic acids is 2. The molecular weight excluding hydrogens is 330 g/mol. The van der Waals surface area contributed by atoms with Crippen molar-refractivity contribution >= 4 is 11.9 Å². The van der Waals surface area contributed by atoms with Gasteiger partial charge in [0.2, 0.25) is 0 Å². The summed E-state index contributed by atoms with van der Waals surface area (Å²) in [6.07, 6.45) is 0.580. The second-order valence-electron chi connectivity index (χ2n) is 6.20. The number of benzene rings is 1. The zero-order valence-corrected chi connectivity index (χ0v) is 14.1. The van der Waals surface area contributed by atoms with Crippen LogP contribution in [0.15, 0.2) is 18.2 Å². The zero-order valence-electron chi connectivity index (χ0n) is 14.1. The first-order chi connectivity index (χ1) is 11.8. The van der Waals surface area contributed by atoms with E-state index < -0.39 is 17.6 Å². The zero-order chi connectivity index (χ0) is 18.3. The van der Waals surface area contributed by atoms with Gasteiger partial charge in [0.25, 0.3) is 5.91 Å². The van der Waals surface area contributed by atoms with E-state index in [2.05, 4.69) is 10.3 Å². The molecule has 0 radical (unpaired) electrons. The number of carbonyl (C=O) groups is 2. The summed E-state index contributed by atoms with van der Waals surface area (Å²) in [4.78, 5) is 27.1. The Labute approximate surface area is 143 Å². The molecule has 0 saturated heterocycles. The Bertz CT molecular complexity index is 860. The number of hydrogen-bond acceptors (Lipinski definition) is 3. The standard InChI is InChI=1S/C18H18F2N2O3/c1-8-15(18(24)25-3)9(2)21-16(8)17(23)22-14-7-12(14)11-5-4-10(19)6-13(11)20/h4-6,12,14,21H,7H2,1-3H3,(H,22,23)/t12-,14+/m1/s1. The Hall–Kier alpha value is -2.70. The van der Waals surface area contributed by atoms with E-state index in [4.69, 9.17) is 4.74 Å². The number of aromatic amines is 1. The van der Waals surface area contributed by atoms with Crippen molar-refractivity contribution in [3.05, 3.63) is 57.9 Å². The summed E-state index contributed by atoms with van der Waals surface area (Å²) in [7, 11) is 1.28. The first-order valence-electron chi connectivity index (χ1n) is 7.86. The summed E-state index contributed by atoms with van der Waals surface area (Å²) in [5, 5.41) is 2.82. The van der Waals surface area contributed by atoms with Gasteiger partial charge in [-0.1, -0.05) is 6.07 Å².